The summed E-state index contributed by atoms with van der Waals surface area (Å²) < 4.78 is 12.8. The average molecular weight is 585 g/mol. The van der Waals surface area contributed by atoms with Gasteiger partial charge in [0.25, 0.3) is 0 Å². The highest BCUT2D eigenvalue weighted by Gasteiger charge is 2.35. The molecule has 42 heavy (non-hydrogen) atoms. The SMILES string of the molecule is Cc1c(C)c2c(c(C)c1OC(=O)CCN1CCN(C)CC1)CC[C@@](C)(CCC[C@H](C)CCC[C@H](C)CCCC(C)C)O2. The van der Waals surface area contributed by atoms with Crippen LogP contribution < -0.4 is 9.47 Å². The molecule has 3 rings (SSSR count). The third-order valence-corrected chi connectivity index (χ3v) is 10.3. The monoisotopic (exact) mass is 584 g/mol. The molecule has 5 heteroatoms. The first-order valence-corrected chi connectivity index (χ1v) is 17.3. The second-order valence-corrected chi connectivity index (χ2v) is 14.8. The Morgan fingerprint density at radius 2 is 1.45 bits per heavy atom. The van der Waals surface area contributed by atoms with Gasteiger partial charge in [-0.2, -0.15) is 0 Å². The molecule has 2 aliphatic heterocycles. The topological polar surface area (TPSA) is 42.0 Å². The number of likely N-dealkylation sites (N-methyl/N-ethyl adjacent to an activating group) is 1. The van der Waals surface area contributed by atoms with Gasteiger partial charge < -0.3 is 19.3 Å². The number of ether oxygens (including phenoxy) is 2. The minimum Gasteiger partial charge on any atom is -0.487 e. The highest BCUT2D eigenvalue weighted by molar-refractivity contribution is 5.74. The highest BCUT2D eigenvalue weighted by atomic mass is 16.5. The van der Waals surface area contributed by atoms with Gasteiger partial charge in [0.05, 0.1) is 6.42 Å². The molecular formula is C37H64N2O3. The summed E-state index contributed by atoms with van der Waals surface area (Å²) in [7, 11) is 2.15. The summed E-state index contributed by atoms with van der Waals surface area (Å²) in [6, 6.07) is 0. The van der Waals surface area contributed by atoms with Crippen LogP contribution >= 0.6 is 0 Å². The number of carbonyl (C=O) groups is 1. The first kappa shape index (κ1) is 34.9. The van der Waals surface area contributed by atoms with Crippen molar-refractivity contribution >= 4 is 5.97 Å². The molecule has 0 aliphatic carbocycles. The molecule has 1 aromatic carbocycles. The minimum absolute atomic E-state index is 0.123. The van der Waals surface area contributed by atoms with Crippen LogP contribution in [0.3, 0.4) is 0 Å². The van der Waals surface area contributed by atoms with E-state index in [-0.39, 0.29) is 11.6 Å². The van der Waals surface area contributed by atoms with Crippen LogP contribution in [0.15, 0.2) is 0 Å². The van der Waals surface area contributed by atoms with Crippen molar-refractivity contribution in [1.29, 1.82) is 0 Å². The Labute approximate surface area is 259 Å². The molecule has 1 aromatic rings. The Bertz CT molecular complexity index is 997. The maximum absolute atomic E-state index is 12.9. The Hall–Kier alpha value is -1.59. The smallest absolute Gasteiger partial charge is 0.312 e. The first-order chi connectivity index (χ1) is 19.9. The number of rotatable bonds is 16. The van der Waals surface area contributed by atoms with Crippen LogP contribution in [0.5, 0.6) is 11.5 Å². The van der Waals surface area contributed by atoms with Gasteiger partial charge in [-0.25, -0.2) is 0 Å². The van der Waals surface area contributed by atoms with Crippen molar-refractivity contribution in [2.75, 3.05) is 39.8 Å². The fourth-order valence-corrected chi connectivity index (χ4v) is 6.90. The van der Waals surface area contributed by atoms with Crippen molar-refractivity contribution in [3.05, 3.63) is 22.3 Å². The third-order valence-electron chi connectivity index (χ3n) is 10.3. The van der Waals surface area contributed by atoms with Gasteiger partial charge in [0.15, 0.2) is 0 Å². The number of esters is 1. The van der Waals surface area contributed by atoms with Crippen LogP contribution in [-0.2, 0) is 11.2 Å². The Balaban J connectivity index is 1.46. The number of piperazine rings is 1. The van der Waals surface area contributed by atoms with Crippen LogP contribution in [0.4, 0.5) is 0 Å². The third kappa shape index (κ3) is 10.5. The molecule has 0 unspecified atom stereocenters. The zero-order valence-corrected chi connectivity index (χ0v) is 28.9. The standard InChI is InChI=1S/C37H64N2O3/c1-27(2)13-10-14-28(3)15-11-16-29(4)17-12-20-37(8)21-18-33-32(7)35(30(5)31(6)36(33)42-37)41-34(40)19-22-39-25-23-38(9)24-26-39/h27-29H,10-26H2,1-9H3/t28-,29-,37-/m1/s1. The van der Waals surface area contributed by atoms with Gasteiger partial charge in [-0.3, -0.25) is 4.79 Å². The van der Waals surface area contributed by atoms with Crippen molar-refractivity contribution in [2.45, 2.75) is 138 Å². The first-order valence-electron chi connectivity index (χ1n) is 17.3. The zero-order valence-electron chi connectivity index (χ0n) is 28.9. The van der Waals surface area contributed by atoms with E-state index in [4.69, 9.17) is 9.47 Å². The van der Waals surface area contributed by atoms with Crippen LogP contribution in [-0.4, -0.2) is 61.1 Å². The fraction of sp³-hybridized carbons (Fsp3) is 0.811. The predicted molar refractivity (Wildman–Crippen MR) is 177 cm³/mol. The molecule has 240 valence electrons. The van der Waals surface area contributed by atoms with Gasteiger partial charge in [-0.1, -0.05) is 72.6 Å². The molecule has 1 fully saturated rings. The van der Waals surface area contributed by atoms with E-state index in [0.717, 1.165) is 97.9 Å². The molecule has 0 bridgehead atoms. The summed E-state index contributed by atoms with van der Waals surface area (Å²) in [6.45, 7) is 23.1. The molecule has 1 saturated heterocycles. The van der Waals surface area contributed by atoms with Crippen molar-refractivity contribution in [2.24, 2.45) is 17.8 Å². The van der Waals surface area contributed by atoms with Gasteiger partial charge in [0.2, 0.25) is 0 Å². The van der Waals surface area contributed by atoms with Crippen molar-refractivity contribution in [1.82, 2.24) is 9.80 Å². The second kappa shape index (κ2) is 16.5. The molecule has 0 saturated carbocycles. The molecule has 3 atom stereocenters. The van der Waals surface area contributed by atoms with Gasteiger partial charge in [0, 0.05) is 38.3 Å². The van der Waals surface area contributed by atoms with Crippen LogP contribution in [0.25, 0.3) is 0 Å². The summed E-state index contributed by atoms with van der Waals surface area (Å²) in [5.74, 6) is 4.15. The van der Waals surface area contributed by atoms with Crippen LogP contribution in [0.1, 0.15) is 128 Å². The van der Waals surface area contributed by atoms with E-state index in [1.807, 2.05) is 0 Å². The summed E-state index contributed by atoms with van der Waals surface area (Å²) in [5.41, 5.74) is 4.35. The van der Waals surface area contributed by atoms with Crippen LogP contribution in [0, 0.1) is 38.5 Å². The lowest BCUT2D eigenvalue weighted by atomic mass is 9.83. The zero-order chi connectivity index (χ0) is 30.9. The summed E-state index contributed by atoms with van der Waals surface area (Å²) in [5, 5.41) is 0. The number of hydrogen-bond donors (Lipinski definition) is 0. The maximum atomic E-state index is 12.9. The lowest BCUT2D eigenvalue weighted by Crippen LogP contribution is -2.45. The second-order valence-electron chi connectivity index (χ2n) is 14.8. The molecule has 0 spiro atoms. The van der Waals surface area contributed by atoms with Gasteiger partial charge >= 0.3 is 5.97 Å². The van der Waals surface area contributed by atoms with E-state index in [2.05, 4.69) is 72.2 Å². The molecule has 0 amide bonds. The summed E-state index contributed by atoms with van der Waals surface area (Å²) >= 11 is 0. The average Bonchev–Trinajstić information content (AvgIpc) is 2.93. The van der Waals surface area contributed by atoms with E-state index in [1.165, 1.54) is 56.9 Å². The molecule has 0 N–H and O–H groups in total. The lowest BCUT2D eigenvalue weighted by molar-refractivity contribution is -0.134. The quantitative estimate of drug-likeness (QED) is 0.144. The van der Waals surface area contributed by atoms with E-state index in [0.29, 0.717) is 6.42 Å². The van der Waals surface area contributed by atoms with Gasteiger partial charge in [-0.15, -0.1) is 0 Å². The number of hydrogen-bond acceptors (Lipinski definition) is 5. The van der Waals surface area contributed by atoms with Gasteiger partial charge in [-0.05, 0) is 94.9 Å². The van der Waals surface area contributed by atoms with Crippen LogP contribution in [0.2, 0.25) is 0 Å². The fourth-order valence-electron chi connectivity index (χ4n) is 6.90. The van der Waals surface area contributed by atoms with Gasteiger partial charge in [0.1, 0.15) is 17.1 Å². The van der Waals surface area contributed by atoms with Crippen molar-refractivity contribution < 1.29 is 14.3 Å². The molecule has 0 aromatic heterocycles. The van der Waals surface area contributed by atoms with Crippen molar-refractivity contribution in [3.63, 3.8) is 0 Å². The minimum atomic E-state index is -0.129. The Morgan fingerprint density at radius 1 is 0.857 bits per heavy atom. The number of nitrogens with zero attached hydrogens (tertiary/aromatic N) is 2. The number of benzene rings is 1. The molecule has 2 aliphatic rings. The van der Waals surface area contributed by atoms with E-state index in [1.54, 1.807) is 0 Å². The van der Waals surface area contributed by atoms with E-state index >= 15 is 0 Å². The largest absolute Gasteiger partial charge is 0.487 e. The molecule has 0 radical (unpaired) electrons. The Morgan fingerprint density at radius 3 is 2.07 bits per heavy atom. The summed E-state index contributed by atoms with van der Waals surface area (Å²) in [6.07, 6.45) is 14.3. The maximum Gasteiger partial charge on any atom is 0.312 e. The predicted octanol–water partition coefficient (Wildman–Crippen LogP) is 8.68. The van der Waals surface area contributed by atoms with E-state index in [9.17, 15) is 4.79 Å². The van der Waals surface area contributed by atoms with Crippen molar-refractivity contribution in [3.8, 4) is 11.5 Å². The number of carbonyl (C=O) groups excluding carboxylic acids is 1. The number of fused-ring (bicyclic) bond motifs is 1. The summed E-state index contributed by atoms with van der Waals surface area (Å²) in [4.78, 5) is 17.6. The molecule has 2 heterocycles. The molecule has 5 nitrogen and oxygen atoms in total. The Kier molecular flexibility index (Phi) is 13.7. The molecular weight excluding hydrogens is 520 g/mol. The van der Waals surface area contributed by atoms with E-state index < -0.39 is 0 Å². The lowest BCUT2D eigenvalue weighted by Gasteiger charge is -2.38. The highest BCUT2D eigenvalue weighted by Crippen LogP contribution is 2.45. The normalized spacial score (nSPS) is 21.2.